The van der Waals surface area contributed by atoms with Gasteiger partial charge in [-0.1, -0.05) is 0 Å². The standard InChI is InChI=1S/C6H6FNO2/c7-5-2-1-4(8-10)3-6(5)9/h1-3,8-10H. The summed E-state index contributed by atoms with van der Waals surface area (Å²) in [4.78, 5) is 0. The molecule has 0 heterocycles. The fourth-order valence-corrected chi connectivity index (χ4v) is 0.582. The number of nitrogens with one attached hydrogen (secondary N) is 1. The van der Waals surface area contributed by atoms with Crippen LogP contribution in [0.3, 0.4) is 0 Å². The van der Waals surface area contributed by atoms with E-state index in [4.69, 9.17) is 10.3 Å². The van der Waals surface area contributed by atoms with Crippen LogP contribution in [0.2, 0.25) is 0 Å². The molecule has 3 N–H and O–H groups in total. The lowest BCUT2D eigenvalue weighted by atomic mass is 10.3. The predicted octanol–water partition coefficient (Wildman–Crippen LogP) is 1.33. The lowest BCUT2D eigenvalue weighted by Crippen LogP contribution is -1.88. The zero-order valence-corrected chi connectivity index (χ0v) is 5.00. The highest BCUT2D eigenvalue weighted by Gasteiger charge is 1.98. The summed E-state index contributed by atoms with van der Waals surface area (Å²) in [6.07, 6.45) is 0. The van der Waals surface area contributed by atoms with Crippen molar-refractivity contribution in [3.05, 3.63) is 24.0 Å². The molecule has 0 atom stereocenters. The molecule has 1 rings (SSSR count). The van der Waals surface area contributed by atoms with Crippen LogP contribution in [0, 0.1) is 5.82 Å². The van der Waals surface area contributed by atoms with Gasteiger partial charge in [0.15, 0.2) is 11.6 Å². The molecule has 1 aromatic carbocycles. The van der Waals surface area contributed by atoms with Crippen molar-refractivity contribution in [2.45, 2.75) is 0 Å². The molecular weight excluding hydrogens is 137 g/mol. The number of hydrogen-bond acceptors (Lipinski definition) is 3. The summed E-state index contributed by atoms with van der Waals surface area (Å²) in [7, 11) is 0. The Labute approximate surface area is 56.7 Å². The summed E-state index contributed by atoms with van der Waals surface area (Å²) in [5.74, 6) is -1.20. The summed E-state index contributed by atoms with van der Waals surface area (Å²) in [5, 5.41) is 17.0. The van der Waals surface area contributed by atoms with E-state index in [1.807, 2.05) is 0 Å². The van der Waals surface area contributed by atoms with Crippen LogP contribution in [0.25, 0.3) is 0 Å². The van der Waals surface area contributed by atoms with Crippen molar-refractivity contribution in [1.82, 2.24) is 0 Å². The van der Waals surface area contributed by atoms with E-state index in [9.17, 15) is 4.39 Å². The fourth-order valence-electron chi connectivity index (χ4n) is 0.582. The molecule has 0 fully saturated rings. The van der Waals surface area contributed by atoms with Crippen LogP contribution in [0.4, 0.5) is 10.1 Å². The molecule has 0 radical (unpaired) electrons. The van der Waals surface area contributed by atoms with Crippen molar-refractivity contribution in [2.24, 2.45) is 0 Å². The van der Waals surface area contributed by atoms with Gasteiger partial charge >= 0.3 is 0 Å². The average Bonchev–Trinajstić information content (AvgIpc) is 1.95. The molecule has 4 heteroatoms. The molecule has 1 aromatic rings. The molecule has 0 aliphatic heterocycles. The number of aromatic hydroxyl groups is 1. The zero-order chi connectivity index (χ0) is 7.56. The Kier molecular flexibility index (Phi) is 1.73. The minimum atomic E-state index is -0.709. The first-order valence-corrected chi connectivity index (χ1v) is 2.62. The Morgan fingerprint density at radius 3 is 2.60 bits per heavy atom. The molecule has 0 aliphatic carbocycles. The third kappa shape index (κ3) is 1.16. The SMILES string of the molecule is ONc1ccc(F)c(O)c1. The zero-order valence-electron chi connectivity index (χ0n) is 5.00. The van der Waals surface area contributed by atoms with Crippen LogP contribution in [0.5, 0.6) is 5.75 Å². The van der Waals surface area contributed by atoms with Crippen LogP contribution >= 0.6 is 0 Å². The maximum atomic E-state index is 12.3. The third-order valence-corrected chi connectivity index (χ3v) is 1.08. The maximum Gasteiger partial charge on any atom is 0.164 e. The van der Waals surface area contributed by atoms with Gasteiger partial charge in [0.25, 0.3) is 0 Å². The van der Waals surface area contributed by atoms with E-state index in [1.165, 1.54) is 6.07 Å². The normalized spacial score (nSPS) is 9.40. The third-order valence-electron chi connectivity index (χ3n) is 1.08. The van der Waals surface area contributed by atoms with Crippen molar-refractivity contribution < 1.29 is 14.7 Å². The van der Waals surface area contributed by atoms with E-state index in [-0.39, 0.29) is 5.69 Å². The van der Waals surface area contributed by atoms with Gasteiger partial charge in [-0.2, -0.15) is 0 Å². The Hall–Kier alpha value is -1.29. The number of anilines is 1. The smallest absolute Gasteiger partial charge is 0.164 e. The molecule has 0 aliphatic rings. The van der Waals surface area contributed by atoms with Crippen LogP contribution in [-0.2, 0) is 0 Å². The summed E-state index contributed by atoms with van der Waals surface area (Å²) in [6, 6.07) is 3.43. The van der Waals surface area contributed by atoms with E-state index in [1.54, 1.807) is 5.48 Å². The molecule has 54 valence electrons. The largest absolute Gasteiger partial charge is 0.505 e. The van der Waals surface area contributed by atoms with Gasteiger partial charge in [-0.25, -0.2) is 4.39 Å². The highest BCUT2D eigenvalue weighted by Crippen LogP contribution is 2.19. The van der Waals surface area contributed by atoms with E-state index in [0.717, 1.165) is 12.1 Å². The summed E-state index contributed by atoms with van der Waals surface area (Å²) < 4.78 is 12.3. The first-order valence-electron chi connectivity index (χ1n) is 2.62. The molecule has 10 heavy (non-hydrogen) atoms. The number of halogens is 1. The maximum absolute atomic E-state index is 12.3. The van der Waals surface area contributed by atoms with Gasteiger partial charge in [0.1, 0.15) is 0 Å². The van der Waals surface area contributed by atoms with Gasteiger partial charge in [0.2, 0.25) is 0 Å². The highest BCUT2D eigenvalue weighted by atomic mass is 19.1. The minimum Gasteiger partial charge on any atom is -0.505 e. The minimum absolute atomic E-state index is 0.249. The van der Waals surface area contributed by atoms with E-state index >= 15 is 0 Å². The van der Waals surface area contributed by atoms with Crippen molar-refractivity contribution in [3.8, 4) is 5.75 Å². The van der Waals surface area contributed by atoms with Gasteiger partial charge < -0.3 is 5.11 Å². The van der Waals surface area contributed by atoms with Gasteiger partial charge in [-0.3, -0.25) is 10.7 Å². The molecular formula is C6H6FNO2. The average molecular weight is 143 g/mol. The molecule has 0 unspecified atom stereocenters. The lowest BCUT2D eigenvalue weighted by molar-refractivity contribution is 0.386. The van der Waals surface area contributed by atoms with Crippen molar-refractivity contribution in [1.29, 1.82) is 0 Å². The Balaban J connectivity index is 3.04. The van der Waals surface area contributed by atoms with E-state index < -0.39 is 11.6 Å². The summed E-state index contributed by atoms with van der Waals surface area (Å²) >= 11 is 0. The first-order chi connectivity index (χ1) is 4.74. The molecule has 0 spiro atoms. The Bertz CT molecular complexity index is 239. The van der Waals surface area contributed by atoms with Crippen LogP contribution < -0.4 is 5.48 Å². The second-order valence-electron chi connectivity index (χ2n) is 1.78. The van der Waals surface area contributed by atoms with Crippen LogP contribution in [0.1, 0.15) is 0 Å². The van der Waals surface area contributed by atoms with Gasteiger partial charge in [0.05, 0.1) is 5.69 Å². The second-order valence-corrected chi connectivity index (χ2v) is 1.78. The first kappa shape index (κ1) is 6.82. The van der Waals surface area contributed by atoms with Crippen molar-refractivity contribution >= 4 is 5.69 Å². The monoisotopic (exact) mass is 143 g/mol. The Morgan fingerprint density at radius 1 is 1.40 bits per heavy atom. The number of benzene rings is 1. The summed E-state index contributed by atoms with van der Waals surface area (Å²) in [6.45, 7) is 0. The fraction of sp³-hybridized carbons (Fsp3) is 0. The van der Waals surface area contributed by atoms with Gasteiger partial charge in [-0.05, 0) is 12.1 Å². The van der Waals surface area contributed by atoms with Crippen LogP contribution in [0.15, 0.2) is 18.2 Å². The van der Waals surface area contributed by atoms with Crippen molar-refractivity contribution in [2.75, 3.05) is 5.48 Å². The highest BCUT2D eigenvalue weighted by molar-refractivity contribution is 5.46. The number of phenolic OH excluding ortho intramolecular Hbond substituents is 1. The number of rotatable bonds is 1. The van der Waals surface area contributed by atoms with E-state index in [2.05, 4.69) is 0 Å². The molecule has 0 amide bonds. The van der Waals surface area contributed by atoms with E-state index in [0.29, 0.717) is 0 Å². The van der Waals surface area contributed by atoms with Gasteiger partial charge in [0, 0.05) is 6.07 Å². The topological polar surface area (TPSA) is 52.5 Å². The lowest BCUT2D eigenvalue weighted by Gasteiger charge is -1.98. The van der Waals surface area contributed by atoms with Crippen molar-refractivity contribution in [3.63, 3.8) is 0 Å². The molecule has 0 saturated heterocycles. The second kappa shape index (κ2) is 2.53. The molecule has 0 bridgehead atoms. The number of phenols is 1. The molecule has 0 saturated carbocycles. The van der Waals surface area contributed by atoms with Gasteiger partial charge in [-0.15, -0.1) is 0 Å². The van der Waals surface area contributed by atoms with Crippen LogP contribution in [-0.4, -0.2) is 10.3 Å². The molecule has 0 aromatic heterocycles. The molecule has 3 nitrogen and oxygen atoms in total. The Morgan fingerprint density at radius 2 is 2.10 bits per heavy atom. The quantitative estimate of drug-likeness (QED) is 0.520. The number of hydrogen-bond donors (Lipinski definition) is 3. The summed E-state index contributed by atoms with van der Waals surface area (Å²) in [5.41, 5.74) is 2.02. The predicted molar refractivity (Wildman–Crippen MR) is 33.5 cm³/mol.